The topological polar surface area (TPSA) is 64.9 Å². The summed E-state index contributed by atoms with van der Waals surface area (Å²) in [6.07, 6.45) is -1.30. The molecule has 2 N–H and O–H groups in total. The fourth-order valence-corrected chi connectivity index (χ4v) is 1.42. The van der Waals surface area contributed by atoms with Gasteiger partial charge in [-0.15, -0.1) is 0 Å². The highest BCUT2D eigenvalue weighted by Gasteiger charge is 2.40. The van der Waals surface area contributed by atoms with Crippen LogP contribution in [0.4, 0.5) is 13.2 Å². The van der Waals surface area contributed by atoms with Crippen LogP contribution < -0.4 is 5.73 Å². The van der Waals surface area contributed by atoms with Gasteiger partial charge in [-0.2, -0.15) is 18.2 Å². The fourth-order valence-electron chi connectivity index (χ4n) is 1.42. The summed E-state index contributed by atoms with van der Waals surface area (Å²) < 4.78 is 40.9. The average molecular weight is 251 g/mol. The first-order chi connectivity index (χ1) is 7.77. The predicted molar refractivity (Wildman–Crippen MR) is 55.0 cm³/mol. The van der Waals surface area contributed by atoms with Crippen molar-refractivity contribution >= 4 is 0 Å². The first kappa shape index (κ1) is 14.0. The highest BCUT2D eigenvalue weighted by molar-refractivity contribution is 5.02. The normalized spacial score (nSPS) is 15.9. The minimum absolute atomic E-state index is 0.0964. The van der Waals surface area contributed by atoms with Crippen LogP contribution in [0.1, 0.15) is 51.2 Å². The summed E-state index contributed by atoms with van der Waals surface area (Å²) in [6.45, 7) is 3.64. The Morgan fingerprint density at radius 3 is 2.41 bits per heavy atom. The van der Waals surface area contributed by atoms with Crippen LogP contribution in [-0.2, 0) is 11.7 Å². The van der Waals surface area contributed by atoms with E-state index in [2.05, 4.69) is 14.7 Å². The van der Waals surface area contributed by atoms with E-state index < -0.39 is 17.6 Å². The standard InChI is InChI=1S/C10H16F3N3O/c1-3-4-5-6-9(2,14)7-15-8(17-16-7)10(11,12)13/h3-6,14H2,1-2H3. The van der Waals surface area contributed by atoms with E-state index in [9.17, 15) is 13.2 Å². The number of nitrogens with zero attached hydrogens (tertiary/aromatic N) is 2. The van der Waals surface area contributed by atoms with E-state index in [4.69, 9.17) is 5.73 Å². The monoisotopic (exact) mass is 251 g/mol. The lowest BCUT2D eigenvalue weighted by Crippen LogP contribution is -2.34. The number of unbranched alkanes of at least 4 members (excludes halogenated alkanes) is 2. The average Bonchev–Trinajstić information content (AvgIpc) is 2.66. The van der Waals surface area contributed by atoms with Gasteiger partial charge in [-0.1, -0.05) is 31.3 Å². The van der Waals surface area contributed by atoms with Gasteiger partial charge >= 0.3 is 12.1 Å². The Labute approximate surface area is 97.4 Å². The van der Waals surface area contributed by atoms with E-state index >= 15 is 0 Å². The smallest absolute Gasteiger partial charge is 0.329 e. The molecule has 0 radical (unpaired) electrons. The van der Waals surface area contributed by atoms with Gasteiger partial charge < -0.3 is 10.3 Å². The minimum Gasteiger partial charge on any atom is -0.329 e. The number of alkyl halides is 3. The Hall–Kier alpha value is -1.11. The van der Waals surface area contributed by atoms with Crippen molar-refractivity contribution in [2.24, 2.45) is 5.73 Å². The molecule has 4 nitrogen and oxygen atoms in total. The number of halogens is 3. The number of hydrogen-bond acceptors (Lipinski definition) is 4. The van der Waals surface area contributed by atoms with Crippen molar-refractivity contribution < 1.29 is 17.7 Å². The molecule has 1 aromatic rings. The number of aromatic nitrogens is 2. The van der Waals surface area contributed by atoms with E-state index in [1.165, 1.54) is 0 Å². The summed E-state index contributed by atoms with van der Waals surface area (Å²) in [5.41, 5.74) is 4.90. The maximum absolute atomic E-state index is 12.3. The van der Waals surface area contributed by atoms with Gasteiger partial charge in [0, 0.05) is 0 Å². The molecule has 1 aromatic heterocycles. The Morgan fingerprint density at radius 1 is 1.29 bits per heavy atom. The molecule has 1 atom stereocenters. The van der Waals surface area contributed by atoms with Crippen LogP contribution in [0.5, 0.6) is 0 Å². The van der Waals surface area contributed by atoms with Crippen LogP contribution in [-0.4, -0.2) is 10.1 Å². The van der Waals surface area contributed by atoms with E-state index in [0.29, 0.717) is 6.42 Å². The highest BCUT2D eigenvalue weighted by atomic mass is 19.4. The summed E-state index contributed by atoms with van der Waals surface area (Å²) in [5.74, 6) is -1.44. The molecule has 0 aliphatic rings. The Morgan fingerprint density at radius 2 is 1.94 bits per heavy atom. The third-order valence-corrected chi connectivity index (χ3v) is 2.48. The fraction of sp³-hybridized carbons (Fsp3) is 0.800. The number of nitrogens with two attached hydrogens (primary N) is 1. The molecule has 0 saturated carbocycles. The summed E-state index contributed by atoms with van der Waals surface area (Å²) >= 11 is 0. The lowest BCUT2D eigenvalue weighted by molar-refractivity contribution is -0.159. The maximum atomic E-state index is 12.3. The van der Waals surface area contributed by atoms with Gasteiger partial charge in [0.15, 0.2) is 5.82 Å². The molecular formula is C10H16F3N3O. The molecule has 0 aromatic carbocycles. The van der Waals surface area contributed by atoms with E-state index in [1.807, 2.05) is 6.92 Å². The zero-order chi connectivity index (χ0) is 13.1. The lowest BCUT2D eigenvalue weighted by atomic mass is 9.95. The quantitative estimate of drug-likeness (QED) is 0.817. The van der Waals surface area contributed by atoms with Crippen LogP contribution in [0.2, 0.25) is 0 Å². The van der Waals surface area contributed by atoms with Crippen molar-refractivity contribution in [3.8, 4) is 0 Å². The zero-order valence-electron chi connectivity index (χ0n) is 9.84. The van der Waals surface area contributed by atoms with Crippen molar-refractivity contribution in [1.29, 1.82) is 0 Å². The summed E-state index contributed by atoms with van der Waals surface area (Å²) in [6, 6.07) is 0. The van der Waals surface area contributed by atoms with Crippen molar-refractivity contribution in [2.75, 3.05) is 0 Å². The third kappa shape index (κ3) is 3.69. The molecule has 1 unspecified atom stereocenters. The van der Waals surface area contributed by atoms with Gasteiger partial charge in [0.05, 0.1) is 5.54 Å². The van der Waals surface area contributed by atoms with Gasteiger partial charge in [0.2, 0.25) is 0 Å². The summed E-state index contributed by atoms with van der Waals surface area (Å²) in [4.78, 5) is 3.30. The molecular weight excluding hydrogens is 235 g/mol. The van der Waals surface area contributed by atoms with Gasteiger partial charge in [-0.3, -0.25) is 0 Å². The molecule has 1 rings (SSSR count). The largest absolute Gasteiger partial charge is 0.471 e. The Kier molecular flexibility index (Phi) is 4.13. The van der Waals surface area contributed by atoms with Gasteiger partial charge in [-0.25, -0.2) is 0 Å². The van der Waals surface area contributed by atoms with Crippen LogP contribution in [0.25, 0.3) is 0 Å². The molecule has 98 valence electrons. The summed E-state index contributed by atoms with van der Waals surface area (Å²) in [7, 11) is 0. The summed E-state index contributed by atoms with van der Waals surface area (Å²) in [5, 5.41) is 3.30. The van der Waals surface area contributed by atoms with Gasteiger partial charge in [0.1, 0.15) is 0 Å². The molecule has 0 spiro atoms. The molecule has 1 heterocycles. The van der Waals surface area contributed by atoms with Crippen LogP contribution in [0.15, 0.2) is 4.52 Å². The van der Waals surface area contributed by atoms with E-state index in [0.717, 1.165) is 19.3 Å². The molecule has 0 fully saturated rings. The van der Waals surface area contributed by atoms with Crippen molar-refractivity contribution in [3.63, 3.8) is 0 Å². The number of hydrogen-bond donors (Lipinski definition) is 1. The van der Waals surface area contributed by atoms with E-state index in [-0.39, 0.29) is 5.82 Å². The molecule has 0 amide bonds. The van der Waals surface area contributed by atoms with Crippen LogP contribution >= 0.6 is 0 Å². The molecule has 0 bridgehead atoms. The molecule has 0 aliphatic carbocycles. The van der Waals surface area contributed by atoms with Crippen molar-refractivity contribution in [3.05, 3.63) is 11.7 Å². The van der Waals surface area contributed by atoms with Gasteiger partial charge in [0.25, 0.3) is 0 Å². The van der Waals surface area contributed by atoms with Gasteiger partial charge in [-0.05, 0) is 13.3 Å². The van der Waals surface area contributed by atoms with Crippen molar-refractivity contribution in [2.45, 2.75) is 51.2 Å². The van der Waals surface area contributed by atoms with Crippen molar-refractivity contribution in [1.82, 2.24) is 10.1 Å². The second-order valence-corrected chi connectivity index (χ2v) is 4.30. The van der Waals surface area contributed by atoms with Crippen LogP contribution in [0, 0.1) is 0 Å². The minimum atomic E-state index is -4.62. The second kappa shape index (κ2) is 5.03. The molecule has 7 heteroatoms. The predicted octanol–water partition coefficient (Wildman–Crippen LogP) is 2.84. The molecule has 0 saturated heterocycles. The third-order valence-electron chi connectivity index (χ3n) is 2.48. The Balaban J connectivity index is 2.74. The maximum Gasteiger partial charge on any atom is 0.471 e. The SMILES string of the molecule is CCCCCC(C)(N)c1noc(C(F)(F)F)n1. The molecule has 0 aliphatic heterocycles. The number of rotatable bonds is 5. The first-order valence-electron chi connectivity index (χ1n) is 5.47. The first-order valence-corrected chi connectivity index (χ1v) is 5.47. The van der Waals surface area contributed by atoms with E-state index in [1.54, 1.807) is 6.92 Å². The Bertz CT molecular complexity index is 360. The highest BCUT2D eigenvalue weighted by Crippen LogP contribution is 2.30. The van der Waals surface area contributed by atoms with Crippen LogP contribution in [0.3, 0.4) is 0 Å². The zero-order valence-corrected chi connectivity index (χ0v) is 9.84. The molecule has 17 heavy (non-hydrogen) atoms. The lowest BCUT2D eigenvalue weighted by Gasteiger charge is -2.19. The second-order valence-electron chi connectivity index (χ2n) is 4.30.